The Kier molecular flexibility index (Phi) is 2.33. The average molecular weight is 167 g/mol. The van der Waals surface area contributed by atoms with Crippen LogP contribution in [0.3, 0.4) is 0 Å². The minimum Gasteiger partial charge on any atom is -0.359 e. The zero-order valence-corrected chi connectivity index (χ0v) is 7.79. The van der Waals surface area contributed by atoms with Gasteiger partial charge in [-0.15, -0.1) is 0 Å². The molecule has 12 heavy (non-hydrogen) atoms. The summed E-state index contributed by atoms with van der Waals surface area (Å²) in [6, 6.07) is 3.64. The van der Waals surface area contributed by atoms with Crippen LogP contribution in [-0.2, 0) is 0 Å². The van der Waals surface area contributed by atoms with Crippen LogP contribution in [0.4, 0.5) is 0 Å². The quantitative estimate of drug-likeness (QED) is 0.526. The summed E-state index contributed by atoms with van der Waals surface area (Å²) in [5, 5.41) is 0. The minimum absolute atomic E-state index is 0.160. The molecule has 66 valence electrons. The van der Waals surface area contributed by atoms with Crippen LogP contribution < -0.4 is 0 Å². The highest BCUT2D eigenvalue weighted by Gasteiger charge is 2.16. The number of hydrogen-bond acceptors (Lipinski definition) is 1. The lowest BCUT2D eigenvalue weighted by molar-refractivity contribution is -0.861. The summed E-state index contributed by atoms with van der Waals surface area (Å²) in [6.45, 7) is 0.528. The molecule has 0 aliphatic carbocycles. The van der Waals surface area contributed by atoms with Crippen molar-refractivity contribution in [3.63, 3.8) is 0 Å². The molecule has 0 unspecified atom stereocenters. The highest BCUT2D eigenvalue weighted by atomic mass is 16.1. The van der Waals surface area contributed by atoms with Crippen molar-refractivity contribution >= 4 is 5.78 Å². The molecule has 1 aromatic rings. The Morgan fingerprint density at radius 2 is 2.17 bits per heavy atom. The summed E-state index contributed by atoms with van der Waals surface area (Å²) in [5.74, 6) is 0.160. The fourth-order valence-electron chi connectivity index (χ4n) is 1.02. The van der Waals surface area contributed by atoms with Crippen molar-refractivity contribution in [1.29, 1.82) is 0 Å². The number of Topliss-reactive ketones (excluding diaryl/α,β-unsaturated/α-hetero) is 1. The predicted octanol–water partition coefficient (Wildman–Crippen LogP) is 0.904. The first-order chi connectivity index (χ1) is 5.49. The molecule has 0 bridgehead atoms. The third kappa shape index (κ3) is 2.51. The third-order valence-corrected chi connectivity index (χ3v) is 1.52. The van der Waals surface area contributed by atoms with Gasteiger partial charge < -0.3 is 9.47 Å². The zero-order chi connectivity index (χ0) is 9.19. The van der Waals surface area contributed by atoms with E-state index in [0.29, 0.717) is 16.7 Å². The predicted molar refractivity (Wildman–Crippen MR) is 48.0 cm³/mol. The van der Waals surface area contributed by atoms with Gasteiger partial charge in [0.2, 0.25) is 5.78 Å². The smallest absolute Gasteiger partial charge is 0.232 e. The molecule has 3 heteroatoms. The van der Waals surface area contributed by atoms with Crippen LogP contribution in [0.5, 0.6) is 0 Å². The molecule has 3 nitrogen and oxygen atoms in total. The number of quaternary nitrogens is 1. The Labute approximate surface area is 72.6 Å². The lowest BCUT2D eigenvalue weighted by Gasteiger charge is -2.22. The first kappa shape index (κ1) is 9.00. The van der Waals surface area contributed by atoms with Gasteiger partial charge in [-0.05, 0) is 12.1 Å². The van der Waals surface area contributed by atoms with Gasteiger partial charge in [-0.1, -0.05) is 0 Å². The molecule has 1 heterocycles. The van der Waals surface area contributed by atoms with Gasteiger partial charge >= 0.3 is 0 Å². The van der Waals surface area contributed by atoms with Gasteiger partial charge in [-0.2, -0.15) is 0 Å². The lowest BCUT2D eigenvalue weighted by Crippen LogP contribution is -2.39. The Hall–Kier alpha value is -1.09. The molecule has 0 aliphatic heterocycles. The van der Waals surface area contributed by atoms with Crippen LogP contribution in [-0.4, -0.2) is 42.9 Å². The van der Waals surface area contributed by atoms with Crippen molar-refractivity contribution in [1.82, 2.24) is 4.98 Å². The molecule has 0 saturated heterocycles. The van der Waals surface area contributed by atoms with Gasteiger partial charge in [0.05, 0.1) is 26.8 Å². The fourth-order valence-corrected chi connectivity index (χ4v) is 1.02. The highest BCUT2D eigenvalue weighted by molar-refractivity contribution is 5.95. The first-order valence-electron chi connectivity index (χ1n) is 3.96. The maximum atomic E-state index is 11.5. The second-order valence-electron chi connectivity index (χ2n) is 3.96. The Balaban J connectivity index is 2.63. The van der Waals surface area contributed by atoms with E-state index in [-0.39, 0.29) is 5.78 Å². The van der Waals surface area contributed by atoms with E-state index in [1.54, 1.807) is 12.3 Å². The van der Waals surface area contributed by atoms with Crippen molar-refractivity contribution in [2.24, 2.45) is 0 Å². The maximum absolute atomic E-state index is 11.5. The maximum Gasteiger partial charge on any atom is 0.232 e. The molecule has 1 N–H and O–H groups in total. The Morgan fingerprint density at radius 1 is 1.50 bits per heavy atom. The molecule has 0 aliphatic rings. The molecule has 0 spiro atoms. The molecule has 1 rings (SSSR count). The number of aromatic amines is 1. The second-order valence-corrected chi connectivity index (χ2v) is 3.96. The number of likely N-dealkylation sites (N-methyl/N-ethyl adjacent to an activating group) is 1. The fraction of sp³-hybridized carbons (Fsp3) is 0.444. The molecule has 0 radical (unpaired) electrons. The summed E-state index contributed by atoms with van der Waals surface area (Å²) in [5.41, 5.74) is 0.697. The first-order valence-corrected chi connectivity index (χ1v) is 3.96. The van der Waals surface area contributed by atoms with Crippen LogP contribution in [0.15, 0.2) is 18.3 Å². The molecule has 0 atom stereocenters. The summed E-state index contributed by atoms with van der Waals surface area (Å²) >= 11 is 0. The van der Waals surface area contributed by atoms with Crippen molar-refractivity contribution in [2.75, 3.05) is 27.7 Å². The molecule has 0 amide bonds. The highest BCUT2D eigenvalue weighted by Crippen LogP contribution is 2.00. The summed E-state index contributed by atoms with van der Waals surface area (Å²) in [6.07, 6.45) is 1.77. The average Bonchev–Trinajstić information content (AvgIpc) is 2.32. The molecule has 0 fully saturated rings. The van der Waals surface area contributed by atoms with E-state index in [1.165, 1.54) is 0 Å². The molecule has 0 aromatic carbocycles. The topological polar surface area (TPSA) is 32.9 Å². The summed E-state index contributed by atoms with van der Waals surface area (Å²) in [4.78, 5) is 14.4. The molecule has 1 aromatic heterocycles. The number of carbonyl (C=O) groups excluding carboxylic acids is 1. The Morgan fingerprint density at radius 3 is 2.58 bits per heavy atom. The molecular weight excluding hydrogens is 152 g/mol. The van der Waals surface area contributed by atoms with Crippen LogP contribution in [0, 0.1) is 0 Å². The number of carbonyl (C=O) groups is 1. The van der Waals surface area contributed by atoms with E-state index in [4.69, 9.17) is 0 Å². The van der Waals surface area contributed by atoms with E-state index in [1.807, 2.05) is 27.2 Å². The van der Waals surface area contributed by atoms with Gasteiger partial charge in [0.1, 0.15) is 6.54 Å². The van der Waals surface area contributed by atoms with Crippen molar-refractivity contribution in [3.8, 4) is 0 Å². The zero-order valence-electron chi connectivity index (χ0n) is 7.79. The van der Waals surface area contributed by atoms with Gasteiger partial charge in [0.15, 0.2) is 0 Å². The van der Waals surface area contributed by atoms with Crippen LogP contribution >= 0.6 is 0 Å². The van der Waals surface area contributed by atoms with Crippen LogP contribution in [0.25, 0.3) is 0 Å². The van der Waals surface area contributed by atoms with Gasteiger partial charge in [-0.25, -0.2) is 0 Å². The van der Waals surface area contributed by atoms with E-state index in [0.717, 1.165) is 0 Å². The number of H-pyrrole nitrogens is 1. The van der Waals surface area contributed by atoms with E-state index >= 15 is 0 Å². The third-order valence-electron chi connectivity index (χ3n) is 1.52. The van der Waals surface area contributed by atoms with E-state index < -0.39 is 0 Å². The van der Waals surface area contributed by atoms with Crippen LogP contribution in [0.1, 0.15) is 10.5 Å². The van der Waals surface area contributed by atoms with Crippen molar-refractivity contribution in [2.45, 2.75) is 0 Å². The van der Waals surface area contributed by atoms with Gasteiger partial charge in [0, 0.05) is 6.20 Å². The van der Waals surface area contributed by atoms with Gasteiger partial charge in [0.25, 0.3) is 0 Å². The molecule has 0 saturated carbocycles. The number of aromatic nitrogens is 1. The number of rotatable bonds is 3. The van der Waals surface area contributed by atoms with E-state index in [9.17, 15) is 4.79 Å². The molecular formula is C9H15N2O+. The van der Waals surface area contributed by atoms with E-state index in [2.05, 4.69) is 4.98 Å². The monoisotopic (exact) mass is 167 g/mol. The summed E-state index contributed by atoms with van der Waals surface area (Å²) in [7, 11) is 6.00. The van der Waals surface area contributed by atoms with Crippen LogP contribution in [0.2, 0.25) is 0 Å². The normalized spacial score (nSPS) is 11.6. The number of nitrogens with one attached hydrogen (secondary N) is 1. The number of ketones is 1. The lowest BCUT2D eigenvalue weighted by atomic mass is 10.2. The largest absolute Gasteiger partial charge is 0.359 e. The number of nitrogens with zero attached hydrogens (tertiary/aromatic N) is 1. The minimum atomic E-state index is 0.160. The standard InChI is InChI=1S/C9H14N2O/c1-11(2,3)7-9(12)8-5-4-6-10-8/h4-6H,7H2,1-3H3/p+1. The SMILES string of the molecule is C[N+](C)(C)CC(=O)c1ccc[nH]1. The van der Waals surface area contributed by atoms with Gasteiger partial charge in [-0.3, -0.25) is 4.79 Å². The number of hydrogen-bond donors (Lipinski definition) is 1. The second kappa shape index (κ2) is 3.11. The van der Waals surface area contributed by atoms with Crippen molar-refractivity contribution in [3.05, 3.63) is 24.0 Å². The van der Waals surface area contributed by atoms with Crippen molar-refractivity contribution < 1.29 is 9.28 Å². The summed E-state index contributed by atoms with van der Waals surface area (Å²) < 4.78 is 0.665. The Bertz CT molecular complexity index is 257.